The quantitative estimate of drug-likeness (QED) is 0.283. The highest BCUT2D eigenvalue weighted by molar-refractivity contribution is 5.83. The number of nitrogens with one attached hydrogen (secondary N) is 1. The number of likely N-dealkylation sites (tertiary alicyclic amines) is 3. The Morgan fingerprint density at radius 1 is 0.942 bits per heavy atom. The maximum Gasteiger partial charge on any atom is 0.254 e. The summed E-state index contributed by atoms with van der Waals surface area (Å²) in [6, 6.07) is 12.7. The molecule has 280 valence electrons. The van der Waals surface area contributed by atoms with Gasteiger partial charge in [0.25, 0.3) is 5.88 Å². The van der Waals surface area contributed by atoms with Crippen LogP contribution in [-0.2, 0) is 4.79 Å². The number of amides is 1. The molecule has 5 aliphatic heterocycles. The number of aromatic nitrogens is 3. The smallest absolute Gasteiger partial charge is 0.254 e. The molecule has 4 fully saturated rings. The third-order valence-corrected chi connectivity index (χ3v) is 11.9. The molecule has 0 saturated carbocycles. The van der Waals surface area contributed by atoms with Crippen molar-refractivity contribution in [1.82, 2.24) is 35.0 Å². The van der Waals surface area contributed by atoms with Crippen LogP contribution in [0.2, 0.25) is 0 Å². The Morgan fingerprint density at radius 3 is 2.56 bits per heavy atom. The van der Waals surface area contributed by atoms with Gasteiger partial charge in [-0.25, -0.2) is 0 Å². The summed E-state index contributed by atoms with van der Waals surface area (Å²) in [5.74, 6) is 1.57. The lowest BCUT2D eigenvalue weighted by atomic mass is 9.92. The zero-order valence-electron chi connectivity index (χ0n) is 30.4. The monoisotopic (exact) mass is 715 g/mol. The summed E-state index contributed by atoms with van der Waals surface area (Å²) in [6.07, 6.45) is 3.75. The van der Waals surface area contributed by atoms with E-state index in [2.05, 4.69) is 46.3 Å². The minimum Gasteiger partial charge on any atom is -0.507 e. The second kappa shape index (κ2) is 15.2. The van der Waals surface area contributed by atoms with Crippen LogP contribution in [0.1, 0.15) is 51.2 Å². The fourth-order valence-corrected chi connectivity index (χ4v) is 9.04. The number of carbonyl (C=O) groups excluding carboxylic acids is 1. The fourth-order valence-electron chi connectivity index (χ4n) is 9.04. The van der Waals surface area contributed by atoms with Crippen molar-refractivity contribution in [2.24, 2.45) is 5.92 Å². The van der Waals surface area contributed by atoms with E-state index in [4.69, 9.17) is 9.26 Å². The molecular weight excluding hydrogens is 662 g/mol. The van der Waals surface area contributed by atoms with Gasteiger partial charge in [-0.15, -0.1) is 10.2 Å². The van der Waals surface area contributed by atoms with Crippen molar-refractivity contribution in [2.75, 3.05) is 88.8 Å². The molecule has 3 N–H and O–H groups in total. The molecule has 14 nitrogen and oxygen atoms in total. The van der Waals surface area contributed by atoms with Crippen LogP contribution >= 0.6 is 0 Å². The van der Waals surface area contributed by atoms with Crippen molar-refractivity contribution in [1.29, 1.82) is 0 Å². The van der Waals surface area contributed by atoms with Gasteiger partial charge in [-0.05, 0) is 74.6 Å². The molecule has 4 saturated heterocycles. The number of β-amino-alcohol motifs (C(OH)–C–C–N with tert-alkyl or cyclic N) is 1. The number of aliphatic hydroxyl groups excluding tert-OH is 1. The summed E-state index contributed by atoms with van der Waals surface area (Å²) in [5.41, 5.74) is 2.48. The minimum atomic E-state index is -0.450. The second-order valence-electron chi connectivity index (χ2n) is 15.6. The van der Waals surface area contributed by atoms with E-state index in [0.29, 0.717) is 67.1 Å². The number of rotatable bonds is 10. The summed E-state index contributed by atoms with van der Waals surface area (Å²) in [7, 11) is 0. The number of piperazine rings is 1. The van der Waals surface area contributed by atoms with Crippen molar-refractivity contribution < 1.29 is 24.3 Å². The Balaban J connectivity index is 0.777. The third-order valence-electron chi connectivity index (χ3n) is 11.9. The molecule has 3 aromatic rings. The molecule has 52 heavy (non-hydrogen) atoms. The van der Waals surface area contributed by atoms with Gasteiger partial charge in [-0.2, -0.15) is 0 Å². The van der Waals surface area contributed by atoms with E-state index in [1.165, 1.54) is 19.3 Å². The Bertz CT molecular complexity index is 1700. The van der Waals surface area contributed by atoms with Gasteiger partial charge in [0.05, 0.1) is 23.5 Å². The number of phenols is 1. The Hall–Kier alpha value is -3.98. The number of aliphatic hydroxyl groups is 1. The van der Waals surface area contributed by atoms with Crippen LogP contribution in [0.5, 0.6) is 11.6 Å². The van der Waals surface area contributed by atoms with Gasteiger partial charge in [0.1, 0.15) is 18.3 Å². The maximum absolute atomic E-state index is 13.2. The van der Waals surface area contributed by atoms with E-state index in [1.807, 2.05) is 32.0 Å². The number of hydrogen-bond donors (Lipinski definition) is 3. The van der Waals surface area contributed by atoms with Crippen LogP contribution in [-0.4, -0.2) is 154 Å². The number of para-hydroxylation sites is 1. The summed E-state index contributed by atoms with van der Waals surface area (Å²) in [4.78, 5) is 25.3. The lowest BCUT2D eigenvalue weighted by molar-refractivity contribution is -0.133. The molecular formula is C38H53N9O5. The van der Waals surface area contributed by atoms with Crippen molar-refractivity contribution in [3.8, 4) is 22.9 Å². The van der Waals surface area contributed by atoms with E-state index in [9.17, 15) is 15.0 Å². The molecule has 7 heterocycles. The topological polar surface area (TPSA) is 147 Å². The van der Waals surface area contributed by atoms with Crippen LogP contribution in [0, 0.1) is 5.92 Å². The van der Waals surface area contributed by atoms with E-state index < -0.39 is 12.0 Å². The average Bonchev–Trinajstić information content (AvgIpc) is 3.93. The molecule has 0 aliphatic carbocycles. The van der Waals surface area contributed by atoms with Gasteiger partial charge in [-0.1, -0.05) is 26.0 Å². The second-order valence-corrected chi connectivity index (χ2v) is 15.6. The molecule has 1 unspecified atom stereocenters. The van der Waals surface area contributed by atoms with Gasteiger partial charge in [0.15, 0.2) is 11.6 Å². The third kappa shape index (κ3) is 7.30. The molecule has 1 aromatic carbocycles. The fraction of sp³-hybridized carbons (Fsp3) is 0.632. The van der Waals surface area contributed by atoms with E-state index in [-0.39, 0.29) is 17.6 Å². The molecule has 8 rings (SSSR count). The zero-order valence-corrected chi connectivity index (χ0v) is 30.4. The Morgan fingerprint density at radius 2 is 1.77 bits per heavy atom. The first-order valence-corrected chi connectivity index (χ1v) is 19.2. The number of nitrogens with zero attached hydrogens (tertiary/aromatic N) is 8. The lowest BCUT2D eigenvalue weighted by Gasteiger charge is -2.49. The number of hydrogen-bond acceptors (Lipinski definition) is 13. The molecule has 14 heteroatoms. The standard InChI is InChI=1S/C38H53N9O5/c1-25(2)36(38(50)46-14-10-29(48)24-46)34-20-35(42-52-34)51-18-17-43-11-7-27(22-43)44-12-8-26(9-13-44)45-15-16-47-28(23-45)21-39-37-32(47)19-31(40-41-37)30-5-3-4-6-33(30)49/h3-6,19-20,25-29,36,48-49H,7-18,21-24H2,1-2H3,(H,39,41)/t27?,28-,29+,36+/m0/s1. The van der Waals surface area contributed by atoms with Crippen LogP contribution in [0.25, 0.3) is 11.3 Å². The largest absolute Gasteiger partial charge is 0.507 e. The van der Waals surface area contributed by atoms with Crippen molar-refractivity contribution >= 4 is 17.4 Å². The number of carbonyl (C=O) groups is 1. The number of ether oxygens (including phenoxy) is 1. The number of benzene rings is 1. The van der Waals surface area contributed by atoms with Crippen LogP contribution < -0.4 is 15.0 Å². The van der Waals surface area contributed by atoms with E-state index in [0.717, 1.165) is 70.4 Å². The maximum atomic E-state index is 13.2. The Kier molecular flexibility index (Phi) is 10.2. The van der Waals surface area contributed by atoms with Crippen LogP contribution in [0.4, 0.5) is 11.5 Å². The first-order valence-electron chi connectivity index (χ1n) is 19.2. The van der Waals surface area contributed by atoms with Gasteiger partial charge in [-0.3, -0.25) is 19.5 Å². The summed E-state index contributed by atoms with van der Waals surface area (Å²) in [5, 5.41) is 36.8. The van der Waals surface area contributed by atoms with E-state index in [1.54, 1.807) is 17.0 Å². The van der Waals surface area contributed by atoms with Gasteiger partial charge >= 0.3 is 0 Å². The number of fused-ring (bicyclic) bond motifs is 3. The van der Waals surface area contributed by atoms with E-state index >= 15 is 0 Å². The Labute approximate surface area is 305 Å². The average molecular weight is 716 g/mol. The normalized spacial score (nSPS) is 25.3. The van der Waals surface area contributed by atoms with Gasteiger partial charge in [0, 0.05) is 76.1 Å². The SMILES string of the molecule is CC(C)[C@@H](C(=O)N1CC[C@@H](O)C1)c1cc(OCCN2CCC(N3CCC(N4CCN5c6cc(-c7ccccc7O)nnc6NC[C@H]5C4)CC3)C2)no1. The molecule has 1 amide bonds. The van der Waals surface area contributed by atoms with Gasteiger partial charge in [0.2, 0.25) is 5.91 Å². The lowest BCUT2D eigenvalue weighted by Crippen LogP contribution is -2.61. The molecule has 0 spiro atoms. The zero-order chi connectivity index (χ0) is 35.8. The molecule has 0 bridgehead atoms. The summed E-state index contributed by atoms with van der Waals surface area (Å²) >= 11 is 0. The highest BCUT2D eigenvalue weighted by Crippen LogP contribution is 2.37. The predicted octanol–water partition coefficient (Wildman–Crippen LogP) is 2.70. The van der Waals surface area contributed by atoms with Crippen molar-refractivity contribution in [2.45, 2.75) is 69.7 Å². The van der Waals surface area contributed by atoms with Gasteiger partial charge < -0.3 is 34.6 Å². The molecule has 4 atom stereocenters. The first kappa shape index (κ1) is 35.1. The predicted molar refractivity (Wildman–Crippen MR) is 197 cm³/mol. The molecule has 0 radical (unpaired) electrons. The highest BCUT2D eigenvalue weighted by atomic mass is 16.5. The summed E-state index contributed by atoms with van der Waals surface area (Å²) in [6.45, 7) is 14.6. The minimum absolute atomic E-state index is 0.0201. The van der Waals surface area contributed by atoms with Crippen molar-refractivity contribution in [3.05, 3.63) is 42.2 Å². The summed E-state index contributed by atoms with van der Waals surface area (Å²) < 4.78 is 11.6. The highest BCUT2D eigenvalue weighted by Gasteiger charge is 2.38. The number of anilines is 2. The molecule has 5 aliphatic rings. The van der Waals surface area contributed by atoms with Crippen molar-refractivity contribution in [3.63, 3.8) is 0 Å². The first-order chi connectivity index (χ1) is 25.3. The van der Waals surface area contributed by atoms with Crippen LogP contribution in [0.3, 0.4) is 0 Å². The molecule has 2 aromatic heterocycles. The number of piperidine rings is 1. The number of phenolic OH excluding ortho intramolecular Hbond substituents is 1. The van der Waals surface area contributed by atoms with Crippen LogP contribution in [0.15, 0.2) is 40.9 Å². The number of aromatic hydroxyl groups is 1.